The van der Waals surface area contributed by atoms with E-state index in [-0.39, 0.29) is 5.91 Å². The maximum Gasteiger partial charge on any atom is 0.259 e. The molecule has 0 spiro atoms. The quantitative estimate of drug-likeness (QED) is 0.787. The van der Waals surface area contributed by atoms with E-state index in [0.717, 1.165) is 11.3 Å². The second kappa shape index (κ2) is 6.67. The SMILES string of the molecule is COc1cc(Cl)ccc1C(=O)Nc1cccc(-n2cnnn2)c1C. The molecule has 3 aromatic rings. The summed E-state index contributed by atoms with van der Waals surface area (Å²) in [6.45, 7) is 1.88. The fourth-order valence-corrected chi connectivity index (χ4v) is 2.48. The zero-order chi connectivity index (χ0) is 17.1. The van der Waals surface area contributed by atoms with E-state index >= 15 is 0 Å². The number of ether oxygens (including phenoxy) is 1. The number of benzene rings is 2. The van der Waals surface area contributed by atoms with Crippen LogP contribution in [0.25, 0.3) is 5.69 Å². The third-order valence-corrected chi connectivity index (χ3v) is 3.79. The van der Waals surface area contributed by atoms with Gasteiger partial charge in [-0.2, -0.15) is 0 Å². The van der Waals surface area contributed by atoms with E-state index < -0.39 is 0 Å². The third-order valence-electron chi connectivity index (χ3n) is 3.56. The molecule has 3 rings (SSSR count). The number of anilines is 1. The van der Waals surface area contributed by atoms with E-state index in [1.54, 1.807) is 18.2 Å². The van der Waals surface area contributed by atoms with Crippen LogP contribution < -0.4 is 10.1 Å². The lowest BCUT2D eigenvalue weighted by atomic mass is 10.1. The summed E-state index contributed by atoms with van der Waals surface area (Å²) in [4.78, 5) is 12.6. The Kier molecular flexibility index (Phi) is 4.43. The molecule has 24 heavy (non-hydrogen) atoms. The summed E-state index contributed by atoms with van der Waals surface area (Å²) in [6, 6.07) is 10.4. The monoisotopic (exact) mass is 343 g/mol. The Balaban J connectivity index is 1.92. The van der Waals surface area contributed by atoms with Gasteiger partial charge in [-0.05, 0) is 53.2 Å². The molecule has 0 fully saturated rings. The molecule has 1 amide bonds. The van der Waals surface area contributed by atoms with Crippen molar-refractivity contribution in [1.82, 2.24) is 20.2 Å². The molecule has 0 atom stereocenters. The van der Waals surface area contributed by atoms with Gasteiger partial charge in [0.05, 0.1) is 18.4 Å². The van der Waals surface area contributed by atoms with Crippen molar-refractivity contribution in [1.29, 1.82) is 0 Å². The molecule has 1 aromatic heterocycles. The fourth-order valence-electron chi connectivity index (χ4n) is 2.32. The van der Waals surface area contributed by atoms with Gasteiger partial charge in [-0.3, -0.25) is 4.79 Å². The zero-order valence-corrected chi connectivity index (χ0v) is 13.8. The number of carbonyl (C=O) groups excluding carboxylic acids is 1. The van der Waals surface area contributed by atoms with Crippen molar-refractivity contribution in [3.63, 3.8) is 0 Å². The van der Waals surface area contributed by atoms with Crippen LogP contribution in [0, 0.1) is 6.92 Å². The minimum atomic E-state index is -0.291. The number of nitrogens with zero attached hydrogens (tertiary/aromatic N) is 4. The first-order valence-corrected chi connectivity index (χ1v) is 7.46. The van der Waals surface area contributed by atoms with Gasteiger partial charge in [-0.15, -0.1) is 5.10 Å². The van der Waals surface area contributed by atoms with Gasteiger partial charge < -0.3 is 10.1 Å². The molecule has 0 aliphatic rings. The molecular formula is C16H14ClN5O2. The van der Waals surface area contributed by atoms with Crippen molar-refractivity contribution >= 4 is 23.2 Å². The number of methoxy groups -OCH3 is 1. The second-order valence-electron chi connectivity index (χ2n) is 5.00. The second-order valence-corrected chi connectivity index (χ2v) is 5.44. The minimum absolute atomic E-state index is 0.291. The van der Waals surface area contributed by atoms with Crippen molar-refractivity contribution in [2.75, 3.05) is 12.4 Å². The van der Waals surface area contributed by atoms with Gasteiger partial charge in [-0.25, -0.2) is 4.68 Å². The summed E-state index contributed by atoms with van der Waals surface area (Å²) >= 11 is 5.93. The Morgan fingerprint density at radius 3 is 2.83 bits per heavy atom. The van der Waals surface area contributed by atoms with E-state index in [1.165, 1.54) is 18.1 Å². The lowest BCUT2D eigenvalue weighted by Gasteiger charge is -2.13. The van der Waals surface area contributed by atoms with Gasteiger partial charge in [0.25, 0.3) is 5.91 Å². The molecule has 0 aliphatic heterocycles. The molecule has 1 heterocycles. The molecule has 0 radical (unpaired) electrons. The van der Waals surface area contributed by atoms with Crippen molar-refractivity contribution in [2.45, 2.75) is 6.92 Å². The molecule has 8 heteroatoms. The molecular weight excluding hydrogens is 330 g/mol. The molecule has 0 saturated carbocycles. The standard InChI is InChI=1S/C16H14ClN5O2/c1-10-13(4-3-5-14(10)22-9-18-20-21-22)19-16(23)12-7-6-11(17)8-15(12)24-2/h3-9H,1-2H3,(H,19,23). The first kappa shape index (κ1) is 15.9. The minimum Gasteiger partial charge on any atom is -0.496 e. The van der Waals surface area contributed by atoms with Crippen LogP contribution in [0.2, 0.25) is 5.02 Å². The number of halogens is 1. The first-order valence-electron chi connectivity index (χ1n) is 7.08. The fraction of sp³-hybridized carbons (Fsp3) is 0.125. The van der Waals surface area contributed by atoms with Crippen molar-refractivity contribution < 1.29 is 9.53 Å². The molecule has 0 bridgehead atoms. The summed E-state index contributed by atoms with van der Waals surface area (Å²) in [5.41, 5.74) is 2.67. The summed E-state index contributed by atoms with van der Waals surface area (Å²) < 4.78 is 6.76. The van der Waals surface area contributed by atoms with Crippen LogP contribution >= 0.6 is 11.6 Å². The van der Waals surface area contributed by atoms with Gasteiger partial charge >= 0.3 is 0 Å². The van der Waals surface area contributed by atoms with Gasteiger partial charge in [0.2, 0.25) is 0 Å². The molecule has 122 valence electrons. The highest BCUT2D eigenvalue weighted by atomic mass is 35.5. The van der Waals surface area contributed by atoms with Crippen LogP contribution in [0.1, 0.15) is 15.9 Å². The lowest BCUT2D eigenvalue weighted by molar-refractivity contribution is 0.102. The molecule has 0 saturated heterocycles. The maximum atomic E-state index is 12.6. The average molecular weight is 344 g/mol. The van der Waals surface area contributed by atoms with Crippen LogP contribution in [0.3, 0.4) is 0 Å². The van der Waals surface area contributed by atoms with Crippen molar-refractivity contribution in [3.8, 4) is 11.4 Å². The van der Waals surface area contributed by atoms with Crippen LogP contribution in [0.5, 0.6) is 5.75 Å². The zero-order valence-electron chi connectivity index (χ0n) is 13.0. The molecule has 0 aliphatic carbocycles. The predicted molar refractivity (Wildman–Crippen MR) is 89.8 cm³/mol. The Morgan fingerprint density at radius 2 is 2.12 bits per heavy atom. The van der Waals surface area contributed by atoms with Gasteiger partial charge in [0.1, 0.15) is 12.1 Å². The van der Waals surface area contributed by atoms with Gasteiger partial charge in [0, 0.05) is 10.7 Å². The smallest absolute Gasteiger partial charge is 0.259 e. The van der Waals surface area contributed by atoms with Crippen LogP contribution in [-0.2, 0) is 0 Å². The summed E-state index contributed by atoms with van der Waals surface area (Å²) in [6.07, 6.45) is 1.50. The van der Waals surface area contributed by atoms with Crippen LogP contribution in [0.15, 0.2) is 42.7 Å². The number of amides is 1. The number of hydrogen-bond acceptors (Lipinski definition) is 5. The average Bonchev–Trinajstić information content (AvgIpc) is 3.10. The normalized spacial score (nSPS) is 10.5. The highest BCUT2D eigenvalue weighted by Gasteiger charge is 2.15. The highest BCUT2D eigenvalue weighted by molar-refractivity contribution is 6.31. The van der Waals surface area contributed by atoms with Crippen molar-refractivity contribution in [3.05, 3.63) is 58.9 Å². The van der Waals surface area contributed by atoms with E-state index in [1.807, 2.05) is 25.1 Å². The van der Waals surface area contributed by atoms with E-state index in [2.05, 4.69) is 20.8 Å². The Bertz CT molecular complexity index is 880. The van der Waals surface area contributed by atoms with Crippen LogP contribution in [-0.4, -0.2) is 33.2 Å². The topological polar surface area (TPSA) is 81.9 Å². The lowest BCUT2D eigenvalue weighted by Crippen LogP contribution is -2.14. The van der Waals surface area contributed by atoms with Gasteiger partial charge in [-0.1, -0.05) is 17.7 Å². The number of tetrazole rings is 1. The highest BCUT2D eigenvalue weighted by Crippen LogP contribution is 2.26. The largest absolute Gasteiger partial charge is 0.496 e. The third kappa shape index (κ3) is 3.07. The molecule has 1 N–H and O–H groups in total. The Labute approximate surface area is 143 Å². The first-order chi connectivity index (χ1) is 11.6. The van der Waals surface area contributed by atoms with Crippen molar-refractivity contribution in [2.24, 2.45) is 0 Å². The van der Waals surface area contributed by atoms with E-state index in [9.17, 15) is 4.79 Å². The number of nitrogens with one attached hydrogen (secondary N) is 1. The van der Waals surface area contributed by atoms with Gasteiger partial charge in [0.15, 0.2) is 0 Å². The molecule has 2 aromatic carbocycles. The number of hydrogen-bond donors (Lipinski definition) is 1. The maximum absolute atomic E-state index is 12.6. The number of aromatic nitrogens is 4. The molecule has 7 nitrogen and oxygen atoms in total. The Hall–Kier alpha value is -2.93. The van der Waals surface area contributed by atoms with E-state index in [4.69, 9.17) is 16.3 Å². The molecule has 0 unspecified atom stereocenters. The van der Waals surface area contributed by atoms with E-state index in [0.29, 0.717) is 22.0 Å². The predicted octanol–water partition coefficient (Wildman–Crippen LogP) is 2.89. The Morgan fingerprint density at radius 1 is 1.29 bits per heavy atom. The summed E-state index contributed by atoms with van der Waals surface area (Å²) in [7, 11) is 1.49. The van der Waals surface area contributed by atoms with Crippen LogP contribution in [0.4, 0.5) is 5.69 Å². The summed E-state index contributed by atoms with van der Waals surface area (Å²) in [5, 5.41) is 14.5. The number of rotatable bonds is 4. The number of carbonyl (C=O) groups is 1. The summed E-state index contributed by atoms with van der Waals surface area (Å²) in [5.74, 6) is 0.120.